The molecule has 0 saturated heterocycles. The van der Waals surface area contributed by atoms with Gasteiger partial charge in [0.05, 0.1) is 5.92 Å². The van der Waals surface area contributed by atoms with Crippen molar-refractivity contribution < 1.29 is 4.52 Å². The second-order valence-corrected chi connectivity index (χ2v) is 5.03. The van der Waals surface area contributed by atoms with Gasteiger partial charge in [-0.05, 0) is 25.9 Å². The van der Waals surface area contributed by atoms with E-state index in [1.807, 2.05) is 0 Å². The molecule has 0 amide bonds. The van der Waals surface area contributed by atoms with Crippen LogP contribution >= 0.6 is 0 Å². The summed E-state index contributed by atoms with van der Waals surface area (Å²) >= 11 is 0. The fourth-order valence-electron chi connectivity index (χ4n) is 2.61. The molecule has 5 heteroatoms. The largest absolute Gasteiger partial charge is 0.339 e. The zero-order chi connectivity index (χ0) is 13.0. The van der Waals surface area contributed by atoms with Crippen molar-refractivity contribution in [3.8, 4) is 0 Å². The Labute approximate surface area is 109 Å². The van der Waals surface area contributed by atoms with Crippen LogP contribution in [0.15, 0.2) is 4.52 Å². The van der Waals surface area contributed by atoms with Crippen LogP contribution in [0.25, 0.3) is 0 Å². The van der Waals surface area contributed by atoms with Crippen molar-refractivity contribution in [1.82, 2.24) is 15.0 Å². The minimum atomic E-state index is 0.195. The summed E-state index contributed by atoms with van der Waals surface area (Å²) < 4.78 is 5.36. The van der Waals surface area contributed by atoms with Gasteiger partial charge < -0.3 is 15.2 Å². The molecular weight excluding hydrogens is 228 g/mol. The average Bonchev–Trinajstić information content (AvgIpc) is 2.99. The fourth-order valence-corrected chi connectivity index (χ4v) is 2.61. The van der Waals surface area contributed by atoms with E-state index in [-0.39, 0.29) is 12.0 Å². The lowest BCUT2D eigenvalue weighted by atomic mass is 10.1. The molecule has 0 bridgehead atoms. The zero-order valence-electron chi connectivity index (χ0n) is 11.4. The highest BCUT2D eigenvalue weighted by atomic mass is 16.5. The standard InChI is InChI=1S/C13H24N4O/c1-3-17(4-2)9-8-12-15-13(18-16-12)10-6-5-7-11(10)14/h10-11H,3-9,14H2,1-2H3. The van der Waals surface area contributed by atoms with Gasteiger partial charge in [-0.25, -0.2) is 0 Å². The van der Waals surface area contributed by atoms with Gasteiger partial charge in [0.1, 0.15) is 0 Å². The molecule has 2 N–H and O–H groups in total. The lowest BCUT2D eigenvalue weighted by Gasteiger charge is -2.16. The third-order valence-electron chi connectivity index (χ3n) is 3.92. The molecule has 1 aromatic rings. The molecule has 1 saturated carbocycles. The summed E-state index contributed by atoms with van der Waals surface area (Å²) in [6.07, 6.45) is 4.18. The quantitative estimate of drug-likeness (QED) is 0.832. The molecule has 1 aliphatic rings. The summed E-state index contributed by atoms with van der Waals surface area (Å²) in [5.74, 6) is 1.84. The normalized spacial score (nSPS) is 24.0. The molecule has 0 aliphatic heterocycles. The van der Waals surface area contributed by atoms with Crippen molar-refractivity contribution in [2.45, 2.75) is 51.5 Å². The first-order chi connectivity index (χ1) is 8.74. The maximum absolute atomic E-state index is 6.05. The molecule has 5 nitrogen and oxygen atoms in total. The van der Waals surface area contributed by atoms with Gasteiger partial charge in [0.2, 0.25) is 5.89 Å². The van der Waals surface area contributed by atoms with E-state index in [0.717, 1.165) is 50.6 Å². The highest BCUT2D eigenvalue weighted by molar-refractivity contribution is 5.02. The summed E-state index contributed by atoms with van der Waals surface area (Å²) in [6.45, 7) is 7.46. The van der Waals surface area contributed by atoms with Crippen molar-refractivity contribution in [2.24, 2.45) is 5.73 Å². The van der Waals surface area contributed by atoms with Gasteiger partial charge >= 0.3 is 0 Å². The molecule has 18 heavy (non-hydrogen) atoms. The van der Waals surface area contributed by atoms with Gasteiger partial charge in [-0.2, -0.15) is 4.98 Å². The Morgan fingerprint density at radius 2 is 2.11 bits per heavy atom. The van der Waals surface area contributed by atoms with Crippen molar-refractivity contribution in [3.63, 3.8) is 0 Å². The molecule has 1 fully saturated rings. The predicted octanol–water partition coefficient (Wildman–Crippen LogP) is 1.55. The Morgan fingerprint density at radius 3 is 2.72 bits per heavy atom. The molecule has 2 unspecified atom stereocenters. The molecule has 1 aromatic heterocycles. The summed E-state index contributed by atoms with van der Waals surface area (Å²) in [6, 6.07) is 0.195. The Morgan fingerprint density at radius 1 is 1.33 bits per heavy atom. The summed E-state index contributed by atoms with van der Waals surface area (Å²) in [5, 5.41) is 4.07. The van der Waals surface area contributed by atoms with E-state index in [1.54, 1.807) is 0 Å². The molecule has 1 aliphatic carbocycles. The number of aromatic nitrogens is 2. The van der Waals surface area contributed by atoms with Crippen molar-refractivity contribution in [3.05, 3.63) is 11.7 Å². The zero-order valence-corrected chi connectivity index (χ0v) is 11.4. The van der Waals surface area contributed by atoms with Crippen LogP contribution in [0.4, 0.5) is 0 Å². The molecular formula is C13H24N4O. The molecule has 0 radical (unpaired) electrons. The third-order valence-corrected chi connectivity index (χ3v) is 3.92. The van der Waals surface area contributed by atoms with Crippen LogP contribution < -0.4 is 5.73 Å². The van der Waals surface area contributed by atoms with Gasteiger partial charge in [0.25, 0.3) is 0 Å². The van der Waals surface area contributed by atoms with Crippen LogP contribution in [-0.2, 0) is 6.42 Å². The van der Waals surface area contributed by atoms with Gasteiger partial charge in [-0.15, -0.1) is 0 Å². The lowest BCUT2D eigenvalue weighted by Crippen LogP contribution is -2.25. The van der Waals surface area contributed by atoms with Gasteiger partial charge in [-0.1, -0.05) is 25.4 Å². The predicted molar refractivity (Wildman–Crippen MR) is 70.4 cm³/mol. The molecule has 0 aromatic carbocycles. The SMILES string of the molecule is CCN(CC)CCc1noc(C2CCCC2N)n1. The first-order valence-corrected chi connectivity index (χ1v) is 7.05. The Balaban J connectivity index is 1.90. The van der Waals surface area contributed by atoms with E-state index in [4.69, 9.17) is 10.3 Å². The number of nitrogens with two attached hydrogens (primary N) is 1. The highest BCUT2D eigenvalue weighted by Gasteiger charge is 2.30. The number of likely N-dealkylation sites (N-methyl/N-ethyl adjacent to an activating group) is 1. The van der Waals surface area contributed by atoms with E-state index in [2.05, 4.69) is 28.9 Å². The van der Waals surface area contributed by atoms with Gasteiger partial charge in [0, 0.05) is 19.0 Å². The minimum Gasteiger partial charge on any atom is -0.339 e. The van der Waals surface area contributed by atoms with Crippen LogP contribution in [0, 0.1) is 0 Å². The van der Waals surface area contributed by atoms with E-state index in [9.17, 15) is 0 Å². The smallest absolute Gasteiger partial charge is 0.231 e. The van der Waals surface area contributed by atoms with Crippen LogP contribution in [0.2, 0.25) is 0 Å². The van der Waals surface area contributed by atoms with Crippen LogP contribution in [-0.4, -0.2) is 40.7 Å². The van der Waals surface area contributed by atoms with Crippen LogP contribution in [0.1, 0.15) is 50.7 Å². The lowest BCUT2D eigenvalue weighted by molar-refractivity contribution is 0.301. The number of rotatable bonds is 6. The first-order valence-electron chi connectivity index (χ1n) is 7.05. The van der Waals surface area contributed by atoms with Crippen LogP contribution in [0.3, 0.4) is 0 Å². The first kappa shape index (κ1) is 13.5. The molecule has 0 spiro atoms. The third kappa shape index (κ3) is 3.09. The Hall–Kier alpha value is -0.940. The van der Waals surface area contributed by atoms with E-state index < -0.39 is 0 Å². The number of nitrogens with zero attached hydrogens (tertiary/aromatic N) is 3. The number of hydrogen-bond acceptors (Lipinski definition) is 5. The Bertz CT molecular complexity index is 362. The maximum Gasteiger partial charge on any atom is 0.231 e. The molecule has 2 rings (SSSR count). The van der Waals surface area contributed by atoms with Gasteiger partial charge in [0.15, 0.2) is 5.82 Å². The monoisotopic (exact) mass is 252 g/mol. The summed E-state index contributed by atoms with van der Waals surface area (Å²) in [5.41, 5.74) is 6.05. The minimum absolute atomic E-state index is 0.195. The van der Waals surface area contributed by atoms with Crippen molar-refractivity contribution in [1.29, 1.82) is 0 Å². The molecule has 1 heterocycles. The van der Waals surface area contributed by atoms with E-state index in [1.165, 1.54) is 6.42 Å². The molecule has 2 atom stereocenters. The van der Waals surface area contributed by atoms with E-state index in [0.29, 0.717) is 0 Å². The topological polar surface area (TPSA) is 68.2 Å². The Kier molecular flexibility index (Phi) is 4.72. The second kappa shape index (κ2) is 6.29. The van der Waals surface area contributed by atoms with Crippen LogP contribution in [0.5, 0.6) is 0 Å². The summed E-state index contributed by atoms with van der Waals surface area (Å²) in [7, 11) is 0. The molecule has 102 valence electrons. The second-order valence-electron chi connectivity index (χ2n) is 5.03. The average molecular weight is 252 g/mol. The fraction of sp³-hybridized carbons (Fsp3) is 0.846. The highest BCUT2D eigenvalue weighted by Crippen LogP contribution is 2.32. The maximum atomic E-state index is 6.05. The van der Waals surface area contributed by atoms with E-state index >= 15 is 0 Å². The number of hydrogen-bond donors (Lipinski definition) is 1. The van der Waals surface area contributed by atoms with Crippen molar-refractivity contribution in [2.75, 3.05) is 19.6 Å². The van der Waals surface area contributed by atoms with Crippen molar-refractivity contribution >= 4 is 0 Å². The van der Waals surface area contributed by atoms with Gasteiger partial charge in [-0.3, -0.25) is 0 Å². The summed E-state index contributed by atoms with van der Waals surface area (Å²) in [4.78, 5) is 6.86.